The minimum absolute atomic E-state index is 0.00725. The van der Waals surface area contributed by atoms with Gasteiger partial charge in [0.05, 0.1) is 6.10 Å². The fourth-order valence-electron chi connectivity index (χ4n) is 1.22. The van der Waals surface area contributed by atoms with Crippen molar-refractivity contribution in [2.75, 3.05) is 0 Å². The normalized spacial score (nSPS) is 19.0. The molecule has 1 heteroatoms. The van der Waals surface area contributed by atoms with Gasteiger partial charge in [0, 0.05) is 0 Å². The van der Waals surface area contributed by atoms with Crippen molar-refractivity contribution in [3.8, 4) is 0 Å². The summed E-state index contributed by atoms with van der Waals surface area (Å²) in [6.45, 7) is 14.9. The van der Waals surface area contributed by atoms with E-state index in [0.29, 0.717) is 5.92 Å². The van der Waals surface area contributed by atoms with Gasteiger partial charge in [-0.15, -0.1) is 0 Å². The molecule has 74 valence electrons. The monoisotopic (exact) mass is 172 g/mol. The lowest BCUT2D eigenvalue weighted by atomic mass is 9.71. The van der Waals surface area contributed by atoms with Crippen LogP contribution in [0.15, 0.2) is 0 Å². The molecule has 0 bridgehead atoms. The van der Waals surface area contributed by atoms with Crippen LogP contribution in [-0.4, -0.2) is 11.2 Å². The summed E-state index contributed by atoms with van der Waals surface area (Å²) in [5, 5.41) is 9.99. The summed E-state index contributed by atoms with van der Waals surface area (Å²) in [7, 11) is 0. The molecular formula is C11H24O. The van der Waals surface area contributed by atoms with Gasteiger partial charge in [-0.25, -0.2) is 0 Å². The lowest BCUT2D eigenvalue weighted by Gasteiger charge is -2.38. The predicted octanol–water partition coefficient (Wildman–Crippen LogP) is 3.08. The fraction of sp³-hybridized carbons (Fsp3) is 1.00. The SMILES string of the molecule is C[C@@H]([C@H](O)C(C)(C)C)C(C)(C)C. The summed E-state index contributed by atoms with van der Waals surface area (Å²) >= 11 is 0. The van der Waals surface area contributed by atoms with E-state index in [1.165, 1.54) is 0 Å². The van der Waals surface area contributed by atoms with E-state index in [-0.39, 0.29) is 16.9 Å². The number of hydrogen-bond acceptors (Lipinski definition) is 1. The Morgan fingerprint density at radius 3 is 1.25 bits per heavy atom. The maximum Gasteiger partial charge on any atom is 0.0618 e. The lowest BCUT2D eigenvalue weighted by molar-refractivity contribution is -0.0222. The zero-order valence-electron chi connectivity index (χ0n) is 9.60. The zero-order chi connectivity index (χ0) is 10.2. The first kappa shape index (κ1) is 12.0. The smallest absolute Gasteiger partial charge is 0.0618 e. The van der Waals surface area contributed by atoms with Crippen molar-refractivity contribution in [3.63, 3.8) is 0 Å². The van der Waals surface area contributed by atoms with E-state index in [4.69, 9.17) is 0 Å². The van der Waals surface area contributed by atoms with Crippen molar-refractivity contribution in [1.29, 1.82) is 0 Å². The fourth-order valence-corrected chi connectivity index (χ4v) is 1.22. The first-order valence-corrected chi connectivity index (χ1v) is 4.75. The predicted molar refractivity (Wildman–Crippen MR) is 54.1 cm³/mol. The van der Waals surface area contributed by atoms with Gasteiger partial charge in [0.2, 0.25) is 0 Å². The van der Waals surface area contributed by atoms with Crippen molar-refractivity contribution in [1.82, 2.24) is 0 Å². The topological polar surface area (TPSA) is 20.2 Å². The molecular weight excluding hydrogens is 148 g/mol. The van der Waals surface area contributed by atoms with Crippen molar-refractivity contribution >= 4 is 0 Å². The molecule has 0 rings (SSSR count). The molecule has 0 heterocycles. The highest BCUT2D eigenvalue weighted by molar-refractivity contribution is 4.83. The molecule has 0 fully saturated rings. The average Bonchev–Trinajstić information content (AvgIpc) is 1.80. The molecule has 0 spiro atoms. The van der Waals surface area contributed by atoms with Gasteiger partial charge in [-0.3, -0.25) is 0 Å². The van der Waals surface area contributed by atoms with Crippen LogP contribution in [0.5, 0.6) is 0 Å². The van der Waals surface area contributed by atoms with E-state index >= 15 is 0 Å². The lowest BCUT2D eigenvalue weighted by Crippen LogP contribution is -2.38. The second-order valence-corrected chi connectivity index (χ2v) is 5.97. The third-order valence-electron chi connectivity index (χ3n) is 2.73. The number of aliphatic hydroxyl groups excluding tert-OH is 1. The van der Waals surface area contributed by atoms with E-state index < -0.39 is 0 Å². The van der Waals surface area contributed by atoms with Crippen molar-refractivity contribution in [2.45, 2.75) is 54.6 Å². The molecule has 0 saturated carbocycles. The quantitative estimate of drug-likeness (QED) is 0.644. The summed E-state index contributed by atoms with van der Waals surface area (Å²) in [4.78, 5) is 0. The van der Waals surface area contributed by atoms with Crippen molar-refractivity contribution in [3.05, 3.63) is 0 Å². The van der Waals surface area contributed by atoms with Crippen LogP contribution < -0.4 is 0 Å². The second-order valence-electron chi connectivity index (χ2n) is 5.97. The Morgan fingerprint density at radius 2 is 1.17 bits per heavy atom. The van der Waals surface area contributed by atoms with E-state index in [0.717, 1.165) is 0 Å². The van der Waals surface area contributed by atoms with E-state index in [2.05, 4.69) is 48.5 Å². The van der Waals surface area contributed by atoms with Crippen LogP contribution in [0.2, 0.25) is 0 Å². The Hall–Kier alpha value is -0.0400. The van der Waals surface area contributed by atoms with Crippen molar-refractivity contribution < 1.29 is 5.11 Å². The molecule has 0 saturated heterocycles. The van der Waals surface area contributed by atoms with Gasteiger partial charge in [0.1, 0.15) is 0 Å². The maximum absolute atomic E-state index is 9.99. The highest BCUT2D eigenvalue weighted by Gasteiger charge is 2.34. The van der Waals surface area contributed by atoms with E-state index in [1.54, 1.807) is 0 Å². The first-order valence-electron chi connectivity index (χ1n) is 4.75. The molecule has 0 aromatic rings. The number of rotatable bonds is 1. The van der Waals surface area contributed by atoms with Crippen LogP contribution in [-0.2, 0) is 0 Å². The Kier molecular flexibility index (Phi) is 3.36. The van der Waals surface area contributed by atoms with Crippen LogP contribution in [0, 0.1) is 16.7 Å². The summed E-state index contributed by atoms with van der Waals surface area (Å²) < 4.78 is 0. The molecule has 0 radical (unpaired) electrons. The molecule has 0 amide bonds. The number of hydrogen-bond donors (Lipinski definition) is 1. The van der Waals surface area contributed by atoms with Gasteiger partial charge in [0.25, 0.3) is 0 Å². The molecule has 1 nitrogen and oxygen atoms in total. The highest BCUT2D eigenvalue weighted by atomic mass is 16.3. The van der Waals surface area contributed by atoms with Crippen LogP contribution >= 0.6 is 0 Å². The summed E-state index contributed by atoms with van der Waals surface area (Å²) in [5.41, 5.74) is 0.180. The van der Waals surface area contributed by atoms with Crippen LogP contribution in [0.4, 0.5) is 0 Å². The molecule has 0 aromatic carbocycles. The molecule has 0 aliphatic heterocycles. The number of aliphatic hydroxyl groups is 1. The second kappa shape index (κ2) is 3.37. The molecule has 0 unspecified atom stereocenters. The van der Waals surface area contributed by atoms with E-state index in [1.807, 2.05) is 0 Å². The Labute approximate surface area is 77.2 Å². The van der Waals surface area contributed by atoms with Gasteiger partial charge >= 0.3 is 0 Å². The molecule has 0 aliphatic rings. The van der Waals surface area contributed by atoms with Gasteiger partial charge in [0.15, 0.2) is 0 Å². The standard InChI is InChI=1S/C11H24O/c1-8(10(2,3)4)9(12)11(5,6)7/h8-9,12H,1-7H3/t8-,9-/m0/s1. The Balaban J connectivity index is 4.41. The highest BCUT2D eigenvalue weighted by Crippen LogP contribution is 2.35. The summed E-state index contributed by atoms with van der Waals surface area (Å²) in [6, 6.07) is 0. The molecule has 0 aromatic heterocycles. The molecule has 2 atom stereocenters. The molecule has 1 N–H and O–H groups in total. The van der Waals surface area contributed by atoms with Crippen molar-refractivity contribution in [2.24, 2.45) is 16.7 Å². The largest absolute Gasteiger partial charge is 0.392 e. The minimum atomic E-state index is -0.225. The van der Waals surface area contributed by atoms with Crippen LogP contribution in [0.1, 0.15) is 48.5 Å². The Bertz CT molecular complexity index is 118. The van der Waals surface area contributed by atoms with Gasteiger partial charge < -0.3 is 5.11 Å². The van der Waals surface area contributed by atoms with Gasteiger partial charge in [-0.1, -0.05) is 48.5 Å². The van der Waals surface area contributed by atoms with Gasteiger partial charge in [-0.2, -0.15) is 0 Å². The molecule has 12 heavy (non-hydrogen) atoms. The first-order chi connectivity index (χ1) is 5.07. The Morgan fingerprint density at radius 1 is 0.833 bits per heavy atom. The van der Waals surface area contributed by atoms with Gasteiger partial charge in [-0.05, 0) is 16.7 Å². The van der Waals surface area contributed by atoms with Crippen LogP contribution in [0.3, 0.4) is 0 Å². The third kappa shape index (κ3) is 3.14. The zero-order valence-corrected chi connectivity index (χ0v) is 9.60. The van der Waals surface area contributed by atoms with E-state index in [9.17, 15) is 5.11 Å². The minimum Gasteiger partial charge on any atom is -0.392 e. The third-order valence-corrected chi connectivity index (χ3v) is 2.73. The summed E-state index contributed by atoms with van der Waals surface area (Å²) in [5.74, 6) is 0.331. The average molecular weight is 172 g/mol. The summed E-state index contributed by atoms with van der Waals surface area (Å²) in [6.07, 6.45) is -0.225. The molecule has 0 aliphatic carbocycles. The van der Waals surface area contributed by atoms with Crippen LogP contribution in [0.25, 0.3) is 0 Å². The maximum atomic E-state index is 9.99.